The zero-order valence-electron chi connectivity index (χ0n) is 12.2. The number of ether oxygens (including phenoxy) is 1. The molecule has 2 rings (SSSR count). The minimum atomic E-state index is -0.522. The Morgan fingerprint density at radius 3 is 2.75 bits per heavy atom. The van der Waals surface area contributed by atoms with Crippen LogP contribution >= 0.6 is 0 Å². The molecular weight excluding hydrogens is 254 g/mol. The summed E-state index contributed by atoms with van der Waals surface area (Å²) in [6, 6.07) is 7.97. The molecule has 0 aliphatic carbocycles. The minimum Gasteiger partial charge on any atom is -0.491 e. The summed E-state index contributed by atoms with van der Waals surface area (Å²) in [5.74, 6) is 0.792. The van der Waals surface area contributed by atoms with Crippen LogP contribution in [0.25, 0.3) is 0 Å². The fraction of sp³-hybridized carbons (Fsp3) is 0.625. The molecule has 0 unspecified atom stereocenters. The molecular formula is C16H25NO3. The van der Waals surface area contributed by atoms with Crippen molar-refractivity contribution in [3.8, 4) is 5.75 Å². The van der Waals surface area contributed by atoms with Gasteiger partial charge in [-0.05, 0) is 43.5 Å². The molecule has 112 valence electrons. The standard InChI is InChI=1S/C16H25NO3/c1-2-13-5-7-16(8-6-13)20-12-15(19)11-17-9-3-4-14(18)10-17/h5-8,14-15,18-19H,2-4,9-12H2,1H3/t14-,15+/m1/s1. The van der Waals surface area contributed by atoms with Gasteiger partial charge in [0.15, 0.2) is 0 Å². The van der Waals surface area contributed by atoms with Crippen LogP contribution in [-0.2, 0) is 6.42 Å². The number of aliphatic hydroxyl groups excluding tert-OH is 2. The summed E-state index contributed by atoms with van der Waals surface area (Å²) in [4.78, 5) is 2.10. The van der Waals surface area contributed by atoms with Gasteiger partial charge in [0.05, 0.1) is 6.10 Å². The number of piperidine rings is 1. The molecule has 0 spiro atoms. The summed E-state index contributed by atoms with van der Waals surface area (Å²) in [7, 11) is 0. The SMILES string of the molecule is CCc1ccc(OC[C@@H](O)CN2CCC[C@@H](O)C2)cc1. The summed E-state index contributed by atoms with van der Waals surface area (Å²) >= 11 is 0. The molecule has 0 aromatic heterocycles. The molecule has 4 nitrogen and oxygen atoms in total. The molecule has 1 aliphatic heterocycles. The normalized spacial score (nSPS) is 21.6. The quantitative estimate of drug-likeness (QED) is 0.827. The van der Waals surface area contributed by atoms with Crippen LogP contribution < -0.4 is 4.74 Å². The van der Waals surface area contributed by atoms with E-state index in [0.717, 1.165) is 31.6 Å². The highest BCUT2D eigenvalue weighted by atomic mass is 16.5. The van der Waals surface area contributed by atoms with Gasteiger partial charge >= 0.3 is 0 Å². The fourth-order valence-corrected chi connectivity index (χ4v) is 2.56. The Hall–Kier alpha value is -1.10. The topological polar surface area (TPSA) is 52.9 Å². The van der Waals surface area contributed by atoms with E-state index in [-0.39, 0.29) is 12.7 Å². The second-order valence-corrected chi connectivity index (χ2v) is 5.52. The number of hydrogen-bond acceptors (Lipinski definition) is 4. The van der Waals surface area contributed by atoms with Crippen LogP contribution in [0.4, 0.5) is 0 Å². The minimum absolute atomic E-state index is 0.251. The van der Waals surface area contributed by atoms with Crippen molar-refractivity contribution in [3.05, 3.63) is 29.8 Å². The van der Waals surface area contributed by atoms with Gasteiger partial charge in [-0.3, -0.25) is 4.90 Å². The van der Waals surface area contributed by atoms with Crippen molar-refractivity contribution in [2.75, 3.05) is 26.2 Å². The van der Waals surface area contributed by atoms with Crippen molar-refractivity contribution in [1.82, 2.24) is 4.90 Å². The third-order valence-corrected chi connectivity index (χ3v) is 3.72. The second kappa shape index (κ2) is 7.62. The third kappa shape index (κ3) is 4.78. The van der Waals surface area contributed by atoms with E-state index in [1.165, 1.54) is 5.56 Å². The Morgan fingerprint density at radius 1 is 1.35 bits per heavy atom. The predicted molar refractivity (Wildman–Crippen MR) is 79.0 cm³/mol. The molecule has 20 heavy (non-hydrogen) atoms. The van der Waals surface area contributed by atoms with E-state index < -0.39 is 6.10 Å². The Bertz CT molecular complexity index is 393. The highest BCUT2D eigenvalue weighted by Crippen LogP contribution is 2.14. The summed E-state index contributed by atoms with van der Waals surface area (Å²) in [5, 5.41) is 19.6. The van der Waals surface area contributed by atoms with E-state index in [2.05, 4.69) is 11.8 Å². The van der Waals surface area contributed by atoms with Gasteiger partial charge in [-0.25, -0.2) is 0 Å². The van der Waals surface area contributed by atoms with Crippen LogP contribution in [0.1, 0.15) is 25.3 Å². The number of likely N-dealkylation sites (tertiary alicyclic amines) is 1. The molecule has 0 amide bonds. The lowest BCUT2D eigenvalue weighted by atomic mass is 10.1. The number of β-amino-alcohol motifs (C(OH)–C–C–N with tert-alkyl or cyclic N) is 2. The van der Waals surface area contributed by atoms with E-state index in [1.807, 2.05) is 24.3 Å². The molecule has 1 heterocycles. The second-order valence-electron chi connectivity index (χ2n) is 5.52. The number of rotatable bonds is 6. The van der Waals surface area contributed by atoms with Gasteiger partial charge in [0.25, 0.3) is 0 Å². The summed E-state index contributed by atoms with van der Waals surface area (Å²) in [6.07, 6.45) is 2.10. The van der Waals surface area contributed by atoms with E-state index >= 15 is 0 Å². The number of benzene rings is 1. The van der Waals surface area contributed by atoms with Crippen LogP contribution in [0.15, 0.2) is 24.3 Å². The first kappa shape index (κ1) is 15.3. The number of aliphatic hydroxyl groups is 2. The summed E-state index contributed by atoms with van der Waals surface area (Å²) in [5.41, 5.74) is 1.28. The van der Waals surface area contributed by atoms with E-state index in [1.54, 1.807) is 0 Å². The highest BCUT2D eigenvalue weighted by Gasteiger charge is 2.20. The van der Waals surface area contributed by atoms with Crippen LogP contribution in [0.5, 0.6) is 5.75 Å². The average molecular weight is 279 g/mol. The zero-order valence-corrected chi connectivity index (χ0v) is 12.2. The molecule has 1 aromatic carbocycles. The van der Waals surface area contributed by atoms with Gasteiger partial charge in [-0.1, -0.05) is 19.1 Å². The van der Waals surface area contributed by atoms with Crippen molar-refractivity contribution in [2.45, 2.75) is 38.4 Å². The monoisotopic (exact) mass is 279 g/mol. The van der Waals surface area contributed by atoms with Gasteiger partial charge in [-0.2, -0.15) is 0 Å². The number of nitrogens with zero attached hydrogens (tertiary/aromatic N) is 1. The average Bonchev–Trinajstić information content (AvgIpc) is 2.46. The predicted octanol–water partition coefficient (Wildman–Crippen LogP) is 1.45. The van der Waals surface area contributed by atoms with Crippen LogP contribution in [0.3, 0.4) is 0 Å². The lowest BCUT2D eigenvalue weighted by molar-refractivity contribution is 0.0243. The molecule has 0 saturated carbocycles. The van der Waals surface area contributed by atoms with Gasteiger partial charge in [-0.15, -0.1) is 0 Å². The molecule has 2 atom stereocenters. The fourth-order valence-electron chi connectivity index (χ4n) is 2.56. The van der Waals surface area contributed by atoms with Crippen LogP contribution in [0, 0.1) is 0 Å². The van der Waals surface area contributed by atoms with E-state index in [4.69, 9.17) is 4.74 Å². The Morgan fingerprint density at radius 2 is 2.10 bits per heavy atom. The summed E-state index contributed by atoms with van der Waals surface area (Å²) < 4.78 is 5.60. The van der Waals surface area contributed by atoms with Crippen LogP contribution in [0.2, 0.25) is 0 Å². The Balaban J connectivity index is 1.72. The van der Waals surface area contributed by atoms with E-state index in [9.17, 15) is 10.2 Å². The molecule has 1 saturated heterocycles. The smallest absolute Gasteiger partial charge is 0.119 e. The van der Waals surface area contributed by atoms with Crippen molar-refractivity contribution in [3.63, 3.8) is 0 Å². The highest BCUT2D eigenvalue weighted by molar-refractivity contribution is 5.27. The maximum atomic E-state index is 10.0. The van der Waals surface area contributed by atoms with Gasteiger partial charge in [0.2, 0.25) is 0 Å². The first-order valence-corrected chi connectivity index (χ1v) is 7.47. The third-order valence-electron chi connectivity index (χ3n) is 3.72. The molecule has 1 aliphatic rings. The molecule has 4 heteroatoms. The van der Waals surface area contributed by atoms with Crippen molar-refractivity contribution < 1.29 is 14.9 Å². The van der Waals surface area contributed by atoms with Crippen molar-refractivity contribution in [1.29, 1.82) is 0 Å². The van der Waals surface area contributed by atoms with Crippen molar-refractivity contribution in [2.24, 2.45) is 0 Å². The Labute approximate surface area is 121 Å². The van der Waals surface area contributed by atoms with E-state index in [0.29, 0.717) is 13.1 Å². The molecule has 0 radical (unpaired) electrons. The first-order chi connectivity index (χ1) is 9.67. The lowest BCUT2D eigenvalue weighted by Gasteiger charge is -2.31. The molecule has 0 bridgehead atoms. The zero-order chi connectivity index (χ0) is 14.4. The van der Waals surface area contributed by atoms with Gasteiger partial charge in [0, 0.05) is 13.1 Å². The largest absolute Gasteiger partial charge is 0.491 e. The maximum Gasteiger partial charge on any atom is 0.119 e. The number of hydrogen-bond donors (Lipinski definition) is 2. The maximum absolute atomic E-state index is 10.0. The van der Waals surface area contributed by atoms with Crippen LogP contribution in [-0.4, -0.2) is 53.6 Å². The number of aryl methyl sites for hydroxylation is 1. The van der Waals surface area contributed by atoms with Crippen molar-refractivity contribution >= 4 is 0 Å². The lowest BCUT2D eigenvalue weighted by Crippen LogP contribution is -2.43. The van der Waals surface area contributed by atoms with Gasteiger partial charge < -0.3 is 14.9 Å². The summed E-state index contributed by atoms with van der Waals surface area (Å²) in [6.45, 7) is 4.57. The molecule has 2 N–H and O–H groups in total. The Kier molecular flexibility index (Phi) is 5.83. The first-order valence-electron chi connectivity index (χ1n) is 7.47. The van der Waals surface area contributed by atoms with Gasteiger partial charge in [0.1, 0.15) is 18.5 Å². The molecule has 1 aromatic rings. The molecule has 1 fully saturated rings.